The predicted molar refractivity (Wildman–Crippen MR) is 54.3 cm³/mol. The molecule has 6 heteroatoms. The fourth-order valence-electron chi connectivity index (χ4n) is 0.693. The molecule has 84 valence electrons. The van der Waals surface area contributed by atoms with Crippen molar-refractivity contribution in [3.8, 4) is 0 Å². The maximum absolute atomic E-state index is 11.2. The van der Waals surface area contributed by atoms with Crippen LogP contribution in [0, 0.1) is 0 Å². The Labute approximate surface area is 87.8 Å². The smallest absolute Gasteiger partial charge is 0.407 e. The number of alkyl carbamates (subject to hydrolysis) is 1. The van der Waals surface area contributed by atoms with E-state index in [9.17, 15) is 9.00 Å². The van der Waals surface area contributed by atoms with E-state index in [2.05, 4.69) is 9.50 Å². The van der Waals surface area contributed by atoms with Crippen LogP contribution >= 0.6 is 0 Å². The molecule has 0 saturated heterocycles. The third-order valence-corrected chi connectivity index (χ3v) is 1.39. The predicted octanol–water partition coefficient (Wildman–Crippen LogP) is 0.776. The number of rotatable bonds is 4. The minimum Gasteiger partial charge on any atom is -0.444 e. The number of nitrogens with one attached hydrogen (secondary N) is 1. The summed E-state index contributed by atoms with van der Waals surface area (Å²) in [6.45, 7) is 7.26. The van der Waals surface area contributed by atoms with Crippen LogP contribution in [0.2, 0.25) is 0 Å². The van der Waals surface area contributed by atoms with E-state index in [-0.39, 0.29) is 24.6 Å². The summed E-state index contributed by atoms with van der Waals surface area (Å²) in [6.07, 6.45) is -0.504. The fourth-order valence-corrected chi connectivity index (χ4v) is 0.977. The first-order chi connectivity index (χ1) is 6.35. The lowest BCUT2D eigenvalue weighted by Crippen LogP contribution is -2.39. The number of carbonyl (C=O) groups excluding carboxylic acids is 1. The Hall–Kier alpha value is -0.620. The molecular formula is C8H17NO4S. The SMILES string of the molecule is C[C@H](CO[SH]=O)NC(=O)OC(C)(C)C. The Morgan fingerprint density at radius 3 is 2.50 bits per heavy atom. The molecule has 0 fully saturated rings. The van der Waals surface area contributed by atoms with Gasteiger partial charge in [-0.05, 0) is 27.7 Å². The highest BCUT2D eigenvalue weighted by Gasteiger charge is 2.17. The Morgan fingerprint density at radius 2 is 2.07 bits per heavy atom. The zero-order valence-corrected chi connectivity index (χ0v) is 9.76. The van der Waals surface area contributed by atoms with Gasteiger partial charge in [0.15, 0.2) is 0 Å². The summed E-state index contributed by atoms with van der Waals surface area (Å²) in [7, 11) is 0. The van der Waals surface area contributed by atoms with Gasteiger partial charge >= 0.3 is 6.09 Å². The van der Waals surface area contributed by atoms with Gasteiger partial charge < -0.3 is 10.1 Å². The minimum atomic E-state index is -0.512. The van der Waals surface area contributed by atoms with Crippen LogP contribution < -0.4 is 5.32 Å². The molecule has 0 heterocycles. The Balaban J connectivity index is 3.76. The second-order valence-corrected chi connectivity index (χ2v) is 4.32. The highest BCUT2D eigenvalue weighted by Crippen LogP contribution is 2.06. The van der Waals surface area contributed by atoms with Crippen molar-refractivity contribution in [2.45, 2.75) is 39.3 Å². The Kier molecular flexibility index (Phi) is 5.71. The van der Waals surface area contributed by atoms with Crippen LogP contribution in [0.25, 0.3) is 0 Å². The number of ether oxygens (including phenoxy) is 1. The highest BCUT2D eigenvalue weighted by molar-refractivity contribution is 7.60. The molecule has 0 radical (unpaired) electrons. The quantitative estimate of drug-likeness (QED) is 0.691. The van der Waals surface area contributed by atoms with Crippen LogP contribution in [0.5, 0.6) is 0 Å². The van der Waals surface area contributed by atoms with Crippen molar-refractivity contribution in [3.63, 3.8) is 0 Å². The van der Waals surface area contributed by atoms with E-state index in [1.807, 2.05) is 0 Å². The Morgan fingerprint density at radius 1 is 1.50 bits per heavy atom. The molecule has 0 aliphatic heterocycles. The third kappa shape index (κ3) is 8.00. The number of amides is 1. The summed E-state index contributed by atoms with van der Waals surface area (Å²) in [4.78, 5) is 11.2. The van der Waals surface area contributed by atoms with Gasteiger partial charge in [-0.1, -0.05) is 0 Å². The zero-order chi connectivity index (χ0) is 11.2. The molecule has 0 saturated carbocycles. The molecule has 0 bridgehead atoms. The van der Waals surface area contributed by atoms with E-state index in [0.29, 0.717) is 0 Å². The van der Waals surface area contributed by atoms with Crippen molar-refractivity contribution in [2.75, 3.05) is 6.61 Å². The normalized spacial score (nSPS) is 13.4. The van der Waals surface area contributed by atoms with Gasteiger partial charge in [0.25, 0.3) is 0 Å². The van der Waals surface area contributed by atoms with Crippen LogP contribution in [0.3, 0.4) is 0 Å². The van der Waals surface area contributed by atoms with E-state index < -0.39 is 11.7 Å². The van der Waals surface area contributed by atoms with Crippen LogP contribution in [-0.2, 0) is 20.9 Å². The summed E-state index contributed by atoms with van der Waals surface area (Å²) >= 11 is -0.389. The first kappa shape index (κ1) is 13.4. The lowest BCUT2D eigenvalue weighted by molar-refractivity contribution is 0.0496. The molecule has 0 aliphatic rings. The number of thiol groups is 1. The van der Waals surface area contributed by atoms with E-state index in [0.717, 1.165) is 0 Å². The maximum atomic E-state index is 11.2. The molecule has 0 aromatic rings. The van der Waals surface area contributed by atoms with Crippen molar-refractivity contribution in [1.29, 1.82) is 0 Å². The molecule has 0 aromatic carbocycles. The van der Waals surface area contributed by atoms with E-state index in [1.54, 1.807) is 27.7 Å². The zero-order valence-electron chi connectivity index (χ0n) is 8.86. The van der Waals surface area contributed by atoms with Crippen LogP contribution in [-0.4, -0.2) is 28.6 Å². The van der Waals surface area contributed by atoms with Crippen LogP contribution in [0.15, 0.2) is 0 Å². The van der Waals surface area contributed by atoms with Crippen LogP contribution in [0.1, 0.15) is 27.7 Å². The number of hydrogen-bond acceptors (Lipinski definition) is 4. The molecule has 1 atom stereocenters. The van der Waals surface area contributed by atoms with Gasteiger partial charge in [0.1, 0.15) is 17.5 Å². The Bertz CT molecular complexity index is 202. The largest absolute Gasteiger partial charge is 0.444 e. The average Bonchev–Trinajstić information content (AvgIpc) is 1.96. The maximum Gasteiger partial charge on any atom is 0.407 e. The topological polar surface area (TPSA) is 64.6 Å². The summed E-state index contributed by atoms with van der Waals surface area (Å²) < 4.78 is 19.5. The van der Waals surface area contributed by atoms with Crippen molar-refractivity contribution >= 4 is 18.0 Å². The lowest BCUT2D eigenvalue weighted by Gasteiger charge is -2.21. The highest BCUT2D eigenvalue weighted by atomic mass is 32.2. The standard InChI is InChI=1S/C8H17NO4S/c1-6(5-12-14-11)9-7(10)13-8(2,3)4/h6,14H,5H2,1-4H3,(H,9,10)/t6-/m1/s1. The average molecular weight is 223 g/mol. The monoisotopic (exact) mass is 223 g/mol. The summed E-state index contributed by atoms with van der Waals surface area (Å²) in [5, 5.41) is 2.54. The van der Waals surface area contributed by atoms with Crippen molar-refractivity contribution in [1.82, 2.24) is 5.32 Å². The van der Waals surface area contributed by atoms with E-state index in [4.69, 9.17) is 4.74 Å². The second-order valence-electron chi connectivity index (χ2n) is 3.92. The molecule has 0 rings (SSSR count). The molecule has 0 unspecified atom stereocenters. The first-order valence-electron chi connectivity index (χ1n) is 4.29. The first-order valence-corrected chi connectivity index (χ1v) is 5.02. The van der Waals surface area contributed by atoms with E-state index in [1.165, 1.54) is 0 Å². The van der Waals surface area contributed by atoms with Crippen molar-refractivity contribution in [2.24, 2.45) is 0 Å². The van der Waals surface area contributed by atoms with Gasteiger partial charge in [-0.3, -0.25) is 4.18 Å². The molecule has 14 heavy (non-hydrogen) atoms. The van der Waals surface area contributed by atoms with Gasteiger partial charge in [0.05, 0.1) is 12.6 Å². The number of hydrogen-bond donors (Lipinski definition) is 2. The minimum absolute atomic E-state index is 0.185. The molecule has 5 nitrogen and oxygen atoms in total. The number of carbonyl (C=O) groups is 1. The van der Waals surface area contributed by atoms with Gasteiger partial charge in [0.2, 0.25) is 0 Å². The molecular weight excluding hydrogens is 206 g/mol. The third-order valence-electron chi connectivity index (χ3n) is 1.14. The summed E-state index contributed by atoms with van der Waals surface area (Å²) in [6, 6.07) is -0.230. The molecule has 0 spiro atoms. The molecule has 1 amide bonds. The second kappa shape index (κ2) is 5.98. The van der Waals surface area contributed by atoms with Gasteiger partial charge in [0, 0.05) is 0 Å². The van der Waals surface area contributed by atoms with Crippen LogP contribution in [0.4, 0.5) is 4.79 Å². The van der Waals surface area contributed by atoms with Gasteiger partial charge in [-0.2, -0.15) is 0 Å². The van der Waals surface area contributed by atoms with Gasteiger partial charge in [-0.15, -0.1) is 0 Å². The molecule has 1 N–H and O–H groups in total. The fraction of sp³-hybridized carbons (Fsp3) is 0.875. The summed E-state index contributed by atoms with van der Waals surface area (Å²) in [5.41, 5.74) is -0.512. The van der Waals surface area contributed by atoms with E-state index >= 15 is 0 Å². The van der Waals surface area contributed by atoms with Crippen molar-refractivity contribution < 1.29 is 17.9 Å². The molecule has 0 aromatic heterocycles. The van der Waals surface area contributed by atoms with Gasteiger partial charge in [-0.25, -0.2) is 9.00 Å². The summed E-state index contributed by atoms with van der Waals surface area (Å²) in [5.74, 6) is 0. The van der Waals surface area contributed by atoms with Crippen molar-refractivity contribution in [3.05, 3.63) is 0 Å². The lowest BCUT2D eigenvalue weighted by atomic mass is 10.2. The molecule has 0 aliphatic carbocycles.